The van der Waals surface area contributed by atoms with E-state index in [0.29, 0.717) is 0 Å². The van der Waals surface area contributed by atoms with E-state index >= 15 is 0 Å². The van der Waals surface area contributed by atoms with Gasteiger partial charge in [-0.1, -0.05) is 5.92 Å². The number of terminal acetylenes is 1. The van der Waals surface area contributed by atoms with Crippen molar-refractivity contribution < 1.29 is 14.6 Å². The van der Waals surface area contributed by atoms with E-state index in [-0.39, 0.29) is 6.42 Å². The average molecular weight is 268 g/mol. The van der Waals surface area contributed by atoms with E-state index in [1.54, 1.807) is 0 Å². The Balaban J connectivity index is 2.52. The molecule has 1 saturated carbocycles. The Morgan fingerprint density at radius 2 is 2.32 bits per heavy atom. The van der Waals surface area contributed by atoms with Gasteiger partial charge in [-0.25, -0.2) is 9.18 Å². The molecule has 0 aliphatic heterocycles. The summed E-state index contributed by atoms with van der Waals surface area (Å²) < 4.78 is 15.6. The van der Waals surface area contributed by atoms with E-state index in [2.05, 4.69) is 0 Å². The van der Waals surface area contributed by atoms with Crippen LogP contribution in [0.4, 0.5) is 4.39 Å². The van der Waals surface area contributed by atoms with Crippen LogP contribution in [-0.4, -0.2) is 38.1 Å². The van der Waals surface area contributed by atoms with Gasteiger partial charge in [-0.15, -0.1) is 6.42 Å². The topological polar surface area (TPSA) is 95.3 Å². The van der Waals surface area contributed by atoms with Crippen LogP contribution in [0, 0.1) is 18.3 Å². The summed E-state index contributed by atoms with van der Waals surface area (Å²) in [6.45, 7) is -0.441. The van der Waals surface area contributed by atoms with Crippen molar-refractivity contribution in [2.45, 2.75) is 24.2 Å². The molecule has 1 heterocycles. The van der Waals surface area contributed by atoms with Crippen molar-refractivity contribution in [3.05, 3.63) is 33.1 Å². The SMILES string of the molecule is C#C[C@@]1(F)[C@H](O)[C@@H](CO)C[C@H]1n1ccc(=O)[nH]c1=O. The minimum Gasteiger partial charge on any atom is -0.396 e. The molecule has 0 radical (unpaired) electrons. The third kappa shape index (κ3) is 1.99. The molecule has 7 heteroatoms. The van der Waals surface area contributed by atoms with Gasteiger partial charge in [0.2, 0.25) is 5.67 Å². The molecule has 4 atom stereocenters. The number of nitrogens with one attached hydrogen (secondary N) is 1. The quantitative estimate of drug-likeness (QED) is 0.587. The van der Waals surface area contributed by atoms with Crippen LogP contribution in [0.15, 0.2) is 21.9 Å². The van der Waals surface area contributed by atoms with E-state index in [4.69, 9.17) is 11.5 Å². The molecule has 1 fully saturated rings. The number of hydrogen-bond acceptors (Lipinski definition) is 4. The number of H-pyrrole nitrogens is 1. The van der Waals surface area contributed by atoms with Crippen LogP contribution in [0.1, 0.15) is 12.5 Å². The summed E-state index contributed by atoms with van der Waals surface area (Å²) in [4.78, 5) is 24.6. The molecule has 0 amide bonds. The summed E-state index contributed by atoms with van der Waals surface area (Å²) in [6, 6.07) is -0.0641. The Kier molecular flexibility index (Phi) is 3.30. The Bertz CT molecular complexity index is 632. The largest absolute Gasteiger partial charge is 0.396 e. The molecule has 1 aliphatic carbocycles. The maximum Gasteiger partial charge on any atom is 0.328 e. The first kappa shape index (κ1) is 13.5. The highest BCUT2D eigenvalue weighted by atomic mass is 19.1. The first-order chi connectivity index (χ1) is 8.93. The fourth-order valence-electron chi connectivity index (χ4n) is 2.47. The lowest BCUT2D eigenvalue weighted by molar-refractivity contribution is 0.00322. The maximum atomic E-state index is 14.7. The van der Waals surface area contributed by atoms with Gasteiger partial charge >= 0.3 is 5.69 Å². The van der Waals surface area contributed by atoms with E-state index < -0.39 is 41.6 Å². The number of aromatic amines is 1. The molecule has 0 bridgehead atoms. The van der Waals surface area contributed by atoms with Crippen molar-refractivity contribution in [2.75, 3.05) is 6.61 Å². The fourth-order valence-corrected chi connectivity index (χ4v) is 2.47. The van der Waals surface area contributed by atoms with Gasteiger partial charge in [-0.2, -0.15) is 0 Å². The highest BCUT2D eigenvalue weighted by Gasteiger charge is 2.55. The normalized spacial score (nSPS) is 34.1. The second-order valence-corrected chi connectivity index (χ2v) is 4.57. The summed E-state index contributed by atoms with van der Waals surface area (Å²) in [6.07, 6.45) is 4.70. The van der Waals surface area contributed by atoms with E-state index in [0.717, 1.165) is 16.8 Å². The van der Waals surface area contributed by atoms with Gasteiger partial charge in [-0.05, 0) is 6.42 Å². The molecule has 0 spiro atoms. The molecule has 0 unspecified atom stereocenters. The van der Waals surface area contributed by atoms with Gasteiger partial charge in [0.1, 0.15) is 6.10 Å². The lowest BCUT2D eigenvalue weighted by atomic mass is 9.97. The molecule has 3 N–H and O–H groups in total. The molecule has 19 heavy (non-hydrogen) atoms. The molecule has 1 aromatic rings. The first-order valence-corrected chi connectivity index (χ1v) is 5.71. The zero-order chi connectivity index (χ0) is 14.2. The predicted octanol–water partition coefficient (Wildman–Crippen LogP) is -1.21. The van der Waals surface area contributed by atoms with Gasteiger partial charge in [0.15, 0.2) is 0 Å². The van der Waals surface area contributed by atoms with E-state index in [1.165, 1.54) is 0 Å². The monoisotopic (exact) mass is 268 g/mol. The number of aromatic nitrogens is 2. The van der Waals surface area contributed by atoms with Crippen LogP contribution in [0.5, 0.6) is 0 Å². The molecule has 6 nitrogen and oxygen atoms in total. The highest BCUT2D eigenvalue weighted by Crippen LogP contribution is 2.44. The number of halogens is 1. The first-order valence-electron chi connectivity index (χ1n) is 5.71. The van der Waals surface area contributed by atoms with Crippen LogP contribution in [-0.2, 0) is 0 Å². The Hall–Kier alpha value is -1.91. The lowest BCUT2D eigenvalue weighted by Gasteiger charge is -2.26. The van der Waals surface area contributed by atoms with Gasteiger partial charge in [0, 0.05) is 24.8 Å². The summed E-state index contributed by atoms with van der Waals surface area (Å²) in [7, 11) is 0. The van der Waals surface area contributed by atoms with Crippen molar-refractivity contribution in [3.8, 4) is 12.3 Å². The van der Waals surface area contributed by atoms with Crippen molar-refractivity contribution in [2.24, 2.45) is 5.92 Å². The fraction of sp³-hybridized carbons (Fsp3) is 0.500. The second-order valence-electron chi connectivity index (χ2n) is 4.57. The maximum absolute atomic E-state index is 14.7. The van der Waals surface area contributed by atoms with Crippen molar-refractivity contribution in [1.29, 1.82) is 0 Å². The second kappa shape index (κ2) is 4.64. The molecule has 1 aliphatic rings. The van der Waals surface area contributed by atoms with Gasteiger partial charge in [0.25, 0.3) is 5.56 Å². The Morgan fingerprint density at radius 3 is 2.84 bits per heavy atom. The summed E-state index contributed by atoms with van der Waals surface area (Å²) in [5.74, 6) is 1.11. The van der Waals surface area contributed by atoms with Crippen molar-refractivity contribution >= 4 is 0 Å². The molecule has 0 aromatic carbocycles. The highest BCUT2D eigenvalue weighted by molar-refractivity contribution is 5.22. The lowest BCUT2D eigenvalue weighted by Crippen LogP contribution is -2.44. The molecule has 2 rings (SSSR count). The summed E-state index contributed by atoms with van der Waals surface area (Å²) in [5.41, 5.74) is -3.88. The summed E-state index contributed by atoms with van der Waals surface area (Å²) >= 11 is 0. The Labute approximate surface area is 107 Å². The zero-order valence-electron chi connectivity index (χ0n) is 9.91. The van der Waals surface area contributed by atoms with Crippen LogP contribution < -0.4 is 11.2 Å². The smallest absolute Gasteiger partial charge is 0.328 e. The number of aliphatic hydroxyl groups is 2. The Morgan fingerprint density at radius 1 is 1.63 bits per heavy atom. The molecule has 0 saturated heterocycles. The van der Waals surface area contributed by atoms with Crippen LogP contribution >= 0.6 is 0 Å². The number of alkyl halides is 1. The minimum absolute atomic E-state index is 0.00428. The van der Waals surface area contributed by atoms with Gasteiger partial charge in [-0.3, -0.25) is 14.3 Å². The molecule has 1 aromatic heterocycles. The van der Waals surface area contributed by atoms with Gasteiger partial charge in [0.05, 0.1) is 6.04 Å². The molecular formula is C12H13FN2O4. The van der Waals surface area contributed by atoms with Crippen molar-refractivity contribution in [1.82, 2.24) is 9.55 Å². The minimum atomic E-state index is -2.46. The number of rotatable bonds is 2. The molecular weight excluding hydrogens is 255 g/mol. The van der Waals surface area contributed by atoms with Crippen molar-refractivity contribution in [3.63, 3.8) is 0 Å². The number of hydrogen-bond donors (Lipinski definition) is 3. The van der Waals surface area contributed by atoms with Crippen LogP contribution in [0.25, 0.3) is 0 Å². The van der Waals surface area contributed by atoms with E-state index in [9.17, 15) is 19.1 Å². The average Bonchev–Trinajstić information content (AvgIpc) is 2.63. The predicted molar refractivity (Wildman–Crippen MR) is 64.2 cm³/mol. The summed E-state index contributed by atoms with van der Waals surface area (Å²) in [5, 5.41) is 18.9. The number of aliphatic hydroxyl groups excluding tert-OH is 2. The zero-order valence-corrected chi connectivity index (χ0v) is 9.91. The standard InChI is InChI=1S/C12H13FN2O4/c1-2-12(13)8(5-7(6-16)10(12)18)15-4-3-9(17)14-11(15)19/h1,3-4,7-8,10,16,18H,5-6H2,(H,14,17,19)/t7-,8-,10-,12+/m1/s1. The van der Waals surface area contributed by atoms with Gasteiger partial charge < -0.3 is 10.2 Å². The molecule has 102 valence electrons. The van der Waals surface area contributed by atoms with Crippen LogP contribution in [0.3, 0.4) is 0 Å². The third-order valence-electron chi connectivity index (χ3n) is 3.53. The van der Waals surface area contributed by atoms with Crippen LogP contribution in [0.2, 0.25) is 0 Å². The number of nitrogens with zero attached hydrogens (tertiary/aromatic N) is 1. The third-order valence-corrected chi connectivity index (χ3v) is 3.53. The van der Waals surface area contributed by atoms with E-state index in [1.807, 2.05) is 10.9 Å².